The third-order valence-corrected chi connectivity index (χ3v) is 4.92. The molecule has 0 spiro atoms. The highest BCUT2D eigenvalue weighted by molar-refractivity contribution is 5.29. The second-order valence-electron chi connectivity index (χ2n) is 6.97. The standard InChI is InChI=1S/C24H29NO2/c1-4-12-22(13-5-1)24(23-14-6-2-7-15-23)27-21-20-26-19-11-10-18-25-16-8-3-9-17-25/h1-2,4-7,12-15,24H,3,8-9,16-21H2/p+1. The number of nitrogens with one attached hydrogen (secondary N) is 1. The van der Waals surface area contributed by atoms with Gasteiger partial charge in [0, 0.05) is 0 Å². The molecular weight excluding hydrogens is 334 g/mol. The molecule has 27 heavy (non-hydrogen) atoms. The van der Waals surface area contributed by atoms with Crippen molar-refractivity contribution >= 4 is 0 Å². The first kappa shape index (κ1) is 19.6. The summed E-state index contributed by atoms with van der Waals surface area (Å²) in [7, 11) is 0. The van der Waals surface area contributed by atoms with E-state index in [4.69, 9.17) is 9.47 Å². The van der Waals surface area contributed by atoms with Crippen molar-refractivity contribution < 1.29 is 14.4 Å². The summed E-state index contributed by atoms with van der Waals surface area (Å²) >= 11 is 0. The lowest BCUT2D eigenvalue weighted by Crippen LogP contribution is -3.12. The van der Waals surface area contributed by atoms with E-state index in [1.54, 1.807) is 4.90 Å². The van der Waals surface area contributed by atoms with E-state index in [0.717, 1.165) is 17.7 Å². The maximum absolute atomic E-state index is 6.14. The lowest BCUT2D eigenvalue weighted by Gasteiger charge is -2.20. The molecule has 0 aliphatic carbocycles. The summed E-state index contributed by atoms with van der Waals surface area (Å²) in [5.41, 5.74) is 2.32. The van der Waals surface area contributed by atoms with E-state index >= 15 is 0 Å². The van der Waals surface area contributed by atoms with Gasteiger partial charge in [-0.1, -0.05) is 66.6 Å². The van der Waals surface area contributed by atoms with E-state index in [-0.39, 0.29) is 6.10 Å². The van der Waals surface area contributed by atoms with Crippen molar-refractivity contribution in [1.82, 2.24) is 0 Å². The molecule has 0 radical (unpaired) electrons. The maximum Gasteiger partial charge on any atom is 0.139 e. The van der Waals surface area contributed by atoms with Crippen molar-refractivity contribution in [3.8, 4) is 11.8 Å². The minimum Gasteiger partial charge on any atom is -0.366 e. The minimum absolute atomic E-state index is 0.0650. The molecule has 3 nitrogen and oxygen atoms in total. The summed E-state index contributed by atoms with van der Waals surface area (Å²) in [5, 5.41) is 0. The maximum atomic E-state index is 6.14. The van der Waals surface area contributed by atoms with E-state index in [9.17, 15) is 0 Å². The van der Waals surface area contributed by atoms with E-state index in [1.165, 1.54) is 32.4 Å². The number of quaternary nitrogens is 1. The number of ether oxygens (including phenoxy) is 2. The molecule has 142 valence electrons. The highest BCUT2D eigenvalue weighted by atomic mass is 16.5. The topological polar surface area (TPSA) is 22.9 Å². The van der Waals surface area contributed by atoms with Crippen molar-refractivity contribution in [2.45, 2.75) is 25.4 Å². The van der Waals surface area contributed by atoms with Crippen LogP contribution in [0.1, 0.15) is 36.5 Å². The van der Waals surface area contributed by atoms with Gasteiger partial charge in [0.05, 0.1) is 26.3 Å². The zero-order valence-electron chi connectivity index (χ0n) is 16.0. The second kappa shape index (κ2) is 11.6. The lowest BCUT2D eigenvalue weighted by atomic mass is 10.0. The first-order valence-electron chi connectivity index (χ1n) is 10.0. The Kier molecular flexibility index (Phi) is 8.41. The Morgan fingerprint density at radius 2 is 1.41 bits per heavy atom. The van der Waals surface area contributed by atoms with Gasteiger partial charge < -0.3 is 14.4 Å². The normalized spacial score (nSPS) is 14.7. The van der Waals surface area contributed by atoms with E-state index in [2.05, 4.69) is 36.1 Å². The Morgan fingerprint density at radius 1 is 0.778 bits per heavy atom. The van der Waals surface area contributed by atoms with Crippen molar-refractivity contribution in [2.75, 3.05) is 39.5 Å². The first-order valence-corrected chi connectivity index (χ1v) is 10.0. The Hall–Kier alpha value is -2.12. The summed E-state index contributed by atoms with van der Waals surface area (Å²) in [4.78, 5) is 1.62. The van der Waals surface area contributed by atoms with Gasteiger partial charge in [0.1, 0.15) is 19.3 Å². The molecule has 1 aliphatic heterocycles. The van der Waals surface area contributed by atoms with E-state index < -0.39 is 0 Å². The van der Waals surface area contributed by atoms with E-state index in [1.807, 2.05) is 36.4 Å². The van der Waals surface area contributed by atoms with Crippen molar-refractivity contribution in [3.05, 3.63) is 71.8 Å². The average molecular weight is 365 g/mol. The molecule has 0 saturated carbocycles. The predicted octanol–water partition coefficient (Wildman–Crippen LogP) is 2.88. The van der Waals surface area contributed by atoms with Gasteiger partial charge in [0.25, 0.3) is 0 Å². The highest BCUT2D eigenvalue weighted by Crippen LogP contribution is 2.25. The molecule has 3 rings (SSSR count). The highest BCUT2D eigenvalue weighted by Gasteiger charge is 2.14. The molecule has 0 amide bonds. The Labute approximate surface area is 163 Å². The van der Waals surface area contributed by atoms with E-state index in [0.29, 0.717) is 19.8 Å². The molecular formula is C24H30NO2+. The van der Waals surface area contributed by atoms with Crippen LogP contribution < -0.4 is 4.90 Å². The third-order valence-electron chi connectivity index (χ3n) is 4.92. The SMILES string of the molecule is C(#CC[NH+]1CCCCC1)COCCOC(c1ccccc1)c1ccccc1. The van der Waals surface area contributed by atoms with Crippen LogP contribution in [0.2, 0.25) is 0 Å². The summed E-state index contributed by atoms with van der Waals surface area (Å²) in [6.07, 6.45) is 4.00. The molecule has 0 aromatic heterocycles. The summed E-state index contributed by atoms with van der Waals surface area (Å²) in [6, 6.07) is 20.7. The Bertz CT molecular complexity index is 660. The largest absolute Gasteiger partial charge is 0.366 e. The van der Waals surface area contributed by atoms with Crippen LogP contribution in [0.4, 0.5) is 0 Å². The van der Waals surface area contributed by atoms with Crippen LogP contribution in [0.3, 0.4) is 0 Å². The minimum atomic E-state index is -0.0650. The molecule has 0 unspecified atom stereocenters. The number of rotatable bonds is 8. The van der Waals surface area contributed by atoms with Crippen molar-refractivity contribution in [2.24, 2.45) is 0 Å². The average Bonchev–Trinajstić information content (AvgIpc) is 2.75. The Morgan fingerprint density at radius 3 is 2.04 bits per heavy atom. The van der Waals surface area contributed by atoms with Crippen LogP contribution in [0, 0.1) is 11.8 Å². The molecule has 2 aromatic carbocycles. The zero-order chi connectivity index (χ0) is 18.6. The summed E-state index contributed by atoms with van der Waals surface area (Å²) in [5.74, 6) is 6.39. The second-order valence-corrected chi connectivity index (χ2v) is 6.97. The fourth-order valence-electron chi connectivity index (χ4n) is 3.46. The van der Waals surface area contributed by atoms with Crippen LogP contribution in [-0.2, 0) is 9.47 Å². The number of hydrogen-bond donors (Lipinski definition) is 1. The van der Waals surface area contributed by atoms with Crippen LogP contribution >= 0.6 is 0 Å². The number of hydrogen-bond acceptors (Lipinski definition) is 2. The Balaban J connectivity index is 1.39. The smallest absolute Gasteiger partial charge is 0.139 e. The van der Waals surface area contributed by atoms with Gasteiger partial charge >= 0.3 is 0 Å². The number of likely N-dealkylation sites (tertiary alicyclic amines) is 1. The van der Waals surface area contributed by atoms with Gasteiger partial charge in [-0.2, -0.15) is 0 Å². The van der Waals surface area contributed by atoms with Gasteiger partial charge in [-0.05, 0) is 36.3 Å². The van der Waals surface area contributed by atoms with Gasteiger partial charge in [-0.3, -0.25) is 0 Å². The van der Waals surface area contributed by atoms with Gasteiger partial charge in [0.2, 0.25) is 0 Å². The first-order chi connectivity index (χ1) is 13.4. The number of piperidine rings is 1. The molecule has 0 atom stereocenters. The van der Waals surface area contributed by atoms with Crippen LogP contribution in [0.25, 0.3) is 0 Å². The molecule has 1 N–H and O–H groups in total. The van der Waals surface area contributed by atoms with Crippen molar-refractivity contribution in [1.29, 1.82) is 0 Å². The quantitative estimate of drug-likeness (QED) is 0.575. The van der Waals surface area contributed by atoms with Crippen LogP contribution in [0.15, 0.2) is 60.7 Å². The summed E-state index contributed by atoms with van der Waals surface area (Å²) < 4.78 is 11.8. The molecule has 1 fully saturated rings. The van der Waals surface area contributed by atoms with Gasteiger partial charge in [0.15, 0.2) is 0 Å². The molecule has 1 heterocycles. The zero-order valence-corrected chi connectivity index (χ0v) is 16.0. The molecule has 1 saturated heterocycles. The van der Waals surface area contributed by atoms with Crippen LogP contribution in [-0.4, -0.2) is 39.5 Å². The number of benzene rings is 2. The predicted molar refractivity (Wildman–Crippen MR) is 109 cm³/mol. The van der Waals surface area contributed by atoms with Gasteiger partial charge in [-0.15, -0.1) is 0 Å². The molecule has 0 bridgehead atoms. The molecule has 2 aromatic rings. The fourth-order valence-corrected chi connectivity index (χ4v) is 3.46. The fraction of sp³-hybridized carbons (Fsp3) is 0.417. The summed E-state index contributed by atoms with van der Waals surface area (Å²) in [6.45, 7) is 5.07. The molecule has 3 heteroatoms. The van der Waals surface area contributed by atoms with Gasteiger partial charge in [-0.25, -0.2) is 0 Å². The monoisotopic (exact) mass is 364 g/mol. The van der Waals surface area contributed by atoms with Crippen molar-refractivity contribution in [3.63, 3.8) is 0 Å². The lowest BCUT2D eigenvalue weighted by molar-refractivity contribution is -0.897. The molecule has 1 aliphatic rings. The third kappa shape index (κ3) is 6.84. The van der Waals surface area contributed by atoms with Crippen LogP contribution in [0.5, 0.6) is 0 Å².